The summed E-state index contributed by atoms with van der Waals surface area (Å²) in [7, 11) is 1.78. The van der Waals surface area contributed by atoms with Crippen LogP contribution in [0.5, 0.6) is 5.75 Å². The summed E-state index contributed by atoms with van der Waals surface area (Å²) in [6, 6.07) is 8.54. The van der Waals surface area contributed by atoms with Crippen LogP contribution in [0, 0.1) is 6.92 Å². The molecule has 0 saturated carbocycles. The minimum absolute atomic E-state index is 0.0967. The van der Waals surface area contributed by atoms with Gasteiger partial charge in [0, 0.05) is 24.8 Å². The van der Waals surface area contributed by atoms with E-state index in [0.29, 0.717) is 23.0 Å². The third-order valence-corrected chi connectivity index (χ3v) is 5.35. The molecule has 2 amide bonds. The second kappa shape index (κ2) is 9.79. The number of ether oxygens (including phenoxy) is 1. The molecule has 0 atom stereocenters. The van der Waals surface area contributed by atoms with Crippen LogP contribution in [0.1, 0.15) is 33.6 Å². The van der Waals surface area contributed by atoms with E-state index in [4.69, 9.17) is 16.3 Å². The van der Waals surface area contributed by atoms with E-state index in [-0.39, 0.29) is 23.8 Å². The number of hydrogen-bond donors (Lipinski definition) is 2. The summed E-state index contributed by atoms with van der Waals surface area (Å²) < 4.78 is 10.3. The fraction of sp³-hybridized carbons (Fsp3) is 0.227. The van der Waals surface area contributed by atoms with Gasteiger partial charge in [0.2, 0.25) is 0 Å². The van der Waals surface area contributed by atoms with E-state index in [1.165, 1.54) is 15.6 Å². The van der Waals surface area contributed by atoms with Gasteiger partial charge in [0.05, 0.1) is 29.5 Å². The Morgan fingerprint density at radius 3 is 2.56 bits per heavy atom. The summed E-state index contributed by atoms with van der Waals surface area (Å²) >= 11 is 5.96. The predicted molar refractivity (Wildman–Crippen MR) is 126 cm³/mol. The Morgan fingerprint density at radius 2 is 1.85 bits per heavy atom. The van der Waals surface area contributed by atoms with Crippen LogP contribution in [-0.2, 0) is 20.3 Å². The number of carbonyl (C=O) groups excluding carboxylic acids is 2. The van der Waals surface area contributed by atoms with Gasteiger partial charge in [-0.05, 0) is 38.1 Å². The summed E-state index contributed by atoms with van der Waals surface area (Å²) in [6.07, 6.45) is 4.62. The molecule has 4 aromatic rings. The standard InChI is InChI=1S/C22H23ClN8O3/c1-4-31-20(22(33)26-18-11-24-29(3)14(18)2)19(12-25-31)27-21(32)17-8-9-30(28-17)13-34-16-7-5-6-15(23)10-16/h5-12H,4,13H2,1-3H3,(H,26,33)(H,27,32). The zero-order chi connectivity index (χ0) is 24.2. The fourth-order valence-corrected chi connectivity index (χ4v) is 3.38. The lowest BCUT2D eigenvalue weighted by atomic mass is 10.3. The van der Waals surface area contributed by atoms with Gasteiger partial charge in [-0.1, -0.05) is 17.7 Å². The zero-order valence-electron chi connectivity index (χ0n) is 18.8. The molecule has 0 aliphatic heterocycles. The molecule has 34 heavy (non-hydrogen) atoms. The van der Waals surface area contributed by atoms with Crippen LogP contribution in [0.3, 0.4) is 0 Å². The zero-order valence-corrected chi connectivity index (χ0v) is 19.6. The first-order valence-corrected chi connectivity index (χ1v) is 10.8. The van der Waals surface area contributed by atoms with Crippen LogP contribution < -0.4 is 15.4 Å². The maximum Gasteiger partial charge on any atom is 0.276 e. The SMILES string of the molecule is CCn1ncc(NC(=O)c2ccn(COc3cccc(Cl)c3)n2)c1C(=O)Nc1cnn(C)c1C. The number of hydrogen-bond acceptors (Lipinski definition) is 6. The van der Waals surface area contributed by atoms with Crippen molar-refractivity contribution < 1.29 is 14.3 Å². The van der Waals surface area contributed by atoms with E-state index in [9.17, 15) is 9.59 Å². The van der Waals surface area contributed by atoms with Crippen molar-refractivity contribution >= 4 is 34.8 Å². The Balaban J connectivity index is 1.45. The van der Waals surface area contributed by atoms with Gasteiger partial charge in [-0.2, -0.15) is 15.3 Å². The van der Waals surface area contributed by atoms with Gasteiger partial charge in [0.25, 0.3) is 11.8 Å². The molecular formula is C22H23ClN8O3. The van der Waals surface area contributed by atoms with Crippen molar-refractivity contribution in [3.63, 3.8) is 0 Å². The Hall–Kier alpha value is -4.12. The molecule has 176 valence electrons. The van der Waals surface area contributed by atoms with E-state index in [1.807, 2.05) is 13.8 Å². The van der Waals surface area contributed by atoms with Crippen molar-refractivity contribution in [3.8, 4) is 5.75 Å². The average Bonchev–Trinajstić information content (AvgIpc) is 3.53. The number of anilines is 2. The number of amides is 2. The fourth-order valence-electron chi connectivity index (χ4n) is 3.20. The van der Waals surface area contributed by atoms with Crippen molar-refractivity contribution in [2.75, 3.05) is 10.6 Å². The molecule has 1 aromatic carbocycles. The highest BCUT2D eigenvalue weighted by Gasteiger charge is 2.22. The number of nitrogens with one attached hydrogen (secondary N) is 2. The third kappa shape index (κ3) is 4.94. The van der Waals surface area contributed by atoms with Crippen molar-refractivity contribution in [1.29, 1.82) is 0 Å². The molecule has 4 rings (SSSR count). The molecule has 0 saturated heterocycles. The molecule has 3 heterocycles. The van der Waals surface area contributed by atoms with Gasteiger partial charge in [-0.15, -0.1) is 0 Å². The van der Waals surface area contributed by atoms with Crippen LogP contribution in [0.25, 0.3) is 0 Å². The molecule has 11 nitrogen and oxygen atoms in total. The number of aryl methyl sites for hydroxylation is 2. The number of aromatic nitrogens is 6. The van der Waals surface area contributed by atoms with Gasteiger partial charge in [0.1, 0.15) is 11.4 Å². The molecular weight excluding hydrogens is 460 g/mol. The second-order valence-electron chi connectivity index (χ2n) is 7.37. The van der Waals surface area contributed by atoms with Crippen LogP contribution in [0.2, 0.25) is 5.02 Å². The highest BCUT2D eigenvalue weighted by molar-refractivity contribution is 6.30. The summed E-state index contributed by atoms with van der Waals surface area (Å²) in [5, 5.41) is 18.7. The summed E-state index contributed by atoms with van der Waals surface area (Å²) in [4.78, 5) is 25.8. The first kappa shape index (κ1) is 23.1. The topological polar surface area (TPSA) is 121 Å². The van der Waals surface area contributed by atoms with Gasteiger partial charge < -0.3 is 15.4 Å². The number of carbonyl (C=O) groups is 2. The Morgan fingerprint density at radius 1 is 1.09 bits per heavy atom. The van der Waals surface area contributed by atoms with Gasteiger partial charge in [-0.25, -0.2) is 4.68 Å². The first-order chi connectivity index (χ1) is 16.4. The number of benzene rings is 1. The Kier molecular flexibility index (Phi) is 6.64. The third-order valence-electron chi connectivity index (χ3n) is 5.12. The quantitative estimate of drug-likeness (QED) is 0.397. The predicted octanol–water partition coefficient (Wildman–Crippen LogP) is 3.34. The van der Waals surface area contributed by atoms with E-state index < -0.39 is 11.8 Å². The number of rotatable bonds is 8. The van der Waals surface area contributed by atoms with E-state index in [0.717, 1.165) is 5.69 Å². The average molecular weight is 483 g/mol. The van der Waals surface area contributed by atoms with Crippen LogP contribution >= 0.6 is 11.6 Å². The summed E-state index contributed by atoms with van der Waals surface area (Å²) in [5.74, 6) is -0.310. The second-order valence-corrected chi connectivity index (χ2v) is 7.81. The van der Waals surface area contributed by atoms with E-state index in [1.54, 1.807) is 54.5 Å². The van der Waals surface area contributed by atoms with Crippen LogP contribution in [0.4, 0.5) is 11.4 Å². The van der Waals surface area contributed by atoms with Gasteiger partial charge in [0.15, 0.2) is 12.4 Å². The van der Waals surface area contributed by atoms with E-state index >= 15 is 0 Å². The normalized spacial score (nSPS) is 10.8. The molecule has 12 heteroatoms. The van der Waals surface area contributed by atoms with Crippen LogP contribution in [-0.4, -0.2) is 41.2 Å². The van der Waals surface area contributed by atoms with Crippen molar-refractivity contribution in [3.05, 3.63) is 71.0 Å². The lowest BCUT2D eigenvalue weighted by molar-refractivity contribution is 0.101. The lowest BCUT2D eigenvalue weighted by Crippen LogP contribution is -2.21. The highest BCUT2D eigenvalue weighted by atomic mass is 35.5. The smallest absolute Gasteiger partial charge is 0.276 e. The molecule has 0 unspecified atom stereocenters. The molecule has 0 spiro atoms. The minimum Gasteiger partial charge on any atom is -0.471 e. The molecule has 0 bridgehead atoms. The number of halogens is 1. The molecule has 0 fully saturated rings. The molecule has 0 aliphatic rings. The van der Waals surface area contributed by atoms with Gasteiger partial charge in [-0.3, -0.25) is 19.0 Å². The van der Waals surface area contributed by atoms with E-state index in [2.05, 4.69) is 25.9 Å². The minimum atomic E-state index is -0.483. The molecule has 0 aliphatic carbocycles. The van der Waals surface area contributed by atoms with Crippen molar-refractivity contribution in [2.45, 2.75) is 27.1 Å². The Labute approximate surface area is 200 Å². The van der Waals surface area contributed by atoms with Gasteiger partial charge >= 0.3 is 0 Å². The molecule has 0 radical (unpaired) electrons. The summed E-state index contributed by atoms with van der Waals surface area (Å²) in [6.45, 7) is 4.24. The monoisotopic (exact) mass is 482 g/mol. The number of nitrogens with zero attached hydrogens (tertiary/aromatic N) is 6. The van der Waals surface area contributed by atoms with Crippen LogP contribution in [0.15, 0.2) is 48.9 Å². The molecule has 3 aromatic heterocycles. The Bertz CT molecular complexity index is 1340. The first-order valence-electron chi connectivity index (χ1n) is 10.4. The largest absolute Gasteiger partial charge is 0.471 e. The highest BCUT2D eigenvalue weighted by Crippen LogP contribution is 2.20. The van der Waals surface area contributed by atoms with Crippen molar-refractivity contribution in [2.24, 2.45) is 7.05 Å². The maximum atomic E-state index is 13.0. The lowest BCUT2D eigenvalue weighted by Gasteiger charge is -2.09. The maximum absolute atomic E-state index is 13.0. The summed E-state index contributed by atoms with van der Waals surface area (Å²) in [5.41, 5.74) is 2.03. The van der Waals surface area contributed by atoms with Crippen molar-refractivity contribution in [1.82, 2.24) is 29.3 Å². The molecule has 2 N–H and O–H groups in total.